The van der Waals surface area contributed by atoms with Gasteiger partial charge in [-0.05, 0) is 55.7 Å². The number of carbonyl (C=O) groups excluding carboxylic acids is 1. The molecule has 0 unspecified atom stereocenters. The summed E-state index contributed by atoms with van der Waals surface area (Å²) in [5.41, 5.74) is 3.00. The summed E-state index contributed by atoms with van der Waals surface area (Å²) in [6.07, 6.45) is 9.36. The van der Waals surface area contributed by atoms with Gasteiger partial charge in [-0.3, -0.25) is 14.9 Å². The Morgan fingerprint density at radius 3 is 2.78 bits per heavy atom. The fourth-order valence-electron chi connectivity index (χ4n) is 3.40. The molecule has 4 rings (SSSR count). The smallest absolute Gasteiger partial charge is 0.274 e. The molecular weight excluding hydrogens is 288 g/mol. The van der Waals surface area contributed by atoms with Gasteiger partial charge in [-0.2, -0.15) is 5.10 Å². The molecule has 1 saturated heterocycles. The van der Waals surface area contributed by atoms with E-state index in [9.17, 15) is 4.79 Å². The number of rotatable bonds is 4. The van der Waals surface area contributed by atoms with Crippen molar-refractivity contribution in [1.82, 2.24) is 20.1 Å². The maximum Gasteiger partial charge on any atom is 0.274 e. The Morgan fingerprint density at radius 1 is 1.26 bits per heavy atom. The van der Waals surface area contributed by atoms with Gasteiger partial charge in [-0.1, -0.05) is 6.07 Å². The van der Waals surface area contributed by atoms with Crippen molar-refractivity contribution in [2.24, 2.45) is 5.92 Å². The van der Waals surface area contributed by atoms with Crippen LogP contribution in [-0.2, 0) is 6.42 Å². The summed E-state index contributed by atoms with van der Waals surface area (Å²) in [7, 11) is 0. The molecule has 0 atom stereocenters. The SMILES string of the molecule is O=C(c1cc(C2CC2)[nH]n1)N1CCC(Cc2cccnc2)CC1. The van der Waals surface area contributed by atoms with E-state index < -0.39 is 0 Å². The number of aromatic nitrogens is 3. The van der Waals surface area contributed by atoms with Gasteiger partial charge in [-0.15, -0.1) is 0 Å². The maximum atomic E-state index is 12.6. The molecule has 23 heavy (non-hydrogen) atoms. The van der Waals surface area contributed by atoms with Gasteiger partial charge in [0.2, 0.25) is 0 Å². The zero-order valence-corrected chi connectivity index (χ0v) is 13.2. The van der Waals surface area contributed by atoms with Crippen LogP contribution in [0.4, 0.5) is 0 Å². The normalized spacial score (nSPS) is 19.0. The van der Waals surface area contributed by atoms with Gasteiger partial charge in [-0.25, -0.2) is 0 Å². The van der Waals surface area contributed by atoms with Crippen molar-refractivity contribution in [3.05, 3.63) is 47.5 Å². The summed E-state index contributed by atoms with van der Waals surface area (Å²) in [6.45, 7) is 1.66. The van der Waals surface area contributed by atoms with Gasteiger partial charge in [0.1, 0.15) is 5.69 Å². The second kappa shape index (κ2) is 6.14. The predicted molar refractivity (Wildman–Crippen MR) is 87.1 cm³/mol. The number of hydrogen-bond acceptors (Lipinski definition) is 3. The number of amides is 1. The quantitative estimate of drug-likeness (QED) is 0.944. The highest BCUT2D eigenvalue weighted by molar-refractivity contribution is 5.92. The second-order valence-electron chi connectivity index (χ2n) is 6.78. The summed E-state index contributed by atoms with van der Waals surface area (Å²) in [4.78, 5) is 18.7. The highest BCUT2D eigenvalue weighted by Crippen LogP contribution is 2.39. The molecule has 1 amide bonds. The van der Waals surface area contributed by atoms with E-state index in [2.05, 4.69) is 21.2 Å². The van der Waals surface area contributed by atoms with E-state index in [-0.39, 0.29) is 5.91 Å². The van der Waals surface area contributed by atoms with Crippen molar-refractivity contribution in [3.63, 3.8) is 0 Å². The number of aromatic amines is 1. The first-order chi connectivity index (χ1) is 11.3. The lowest BCUT2D eigenvalue weighted by Crippen LogP contribution is -2.39. The molecule has 2 aromatic rings. The molecule has 0 radical (unpaired) electrons. The minimum Gasteiger partial charge on any atom is -0.337 e. The molecule has 5 heteroatoms. The summed E-state index contributed by atoms with van der Waals surface area (Å²) >= 11 is 0. The molecule has 0 bridgehead atoms. The first-order valence-corrected chi connectivity index (χ1v) is 8.53. The van der Waals surface area contributed by atoms with Crippen molar-refractivity contribution in [2.75, 3.05) is 13.1 Å². The van der Waals surface area contributed by atoms with E-state index in [1.807, 2.05) is 29.4 Å². The molecule has 0 spiro atoms. The number of carbonyl (C=O) groups is 1. The van der Waals surface area contributed by atoms with Crippen LogP contribution in [0, 0.1) is 5.92 Å². The maximum absolute atomic E-state index is 12.6. The van der Waals surface area contributed by atoms with Gasteiger partial charge in [0.05, 0.1) is 0 Å². The molecule has 0 aromatic carbocycles. The monoisotopic (exact) mass is 310 g/mol. The standard InChI is InChI=1S/C18H22N4O/c23-18(17-11-16(20-21-17)15-3-4-15)22-8-5-13(6-9-22)10-14-2-1-7-19-12-14/h1-2,7,11-13,15H,3-6,8-10H2,(H,20,21). The topological polar surface area (TPSA) is 61.9 Å². The molecule has 120 valence electrons. The number of H-pyrrole nitrogens is 1. The van der Waals surface area contributed by atoms with E-state index >= 15 is 0 Å². The van der Waals surface area contributed by atoms with Crippen molar-refractivity contribution >= 4 is 5.91 Å². The molecular formula is C18H22N4O. The zero-order chi connectivity index (χ0) is 15.6. The molecule has 1 aliphatic carbocycles. The predicted octanol–water partition coefficient (Wildman–Crippen LogP) is 2.78. The van der Waals surface area contributed by atoms with Gasteiger partial charge in [0.25, 0.3) is 5.91 Å². The van der Waals surface area contributed by atoms with Gasteiger partial charge >= 0.3 is 0 Å². The first-order valence-electron chi connectivity index (χ1n) is 8.53. The Bertz CT molecular complexity index is 669. The lowest BCUT2D eigenvalue weighted by Gasteiger charge is -2.31. The Labute approximate surface area is 136 Å². The van der Waals surface area contributed by atoms with E-state index in [1.165, 1.54) is 18.4 Å². The highest BCUT2D eigenvalue weighted by atomic mass is 16.2. The fourth-order valence-corrected chi connectivity index (χ4v) is 3.40. The van der Waals surface area contributed by atoms with Crippen molar-refractivity contribution in [2.45, 2.75) is 38.0 Å². The van der Waals surface area contributed by atoms with Gasteiger partial charge in [0.15, 0.2) is 0 Å². The van der Waals surface area contributed by atoms with Crippen molar-refractivity contribution in [3.8, 4) is 0 Å². The summed E-state index contributed by atoms with van der Waals surface area (Å²) in [6, 6.07) is 6.07. The Hall–Kier alpha value is -2.17. The molecule has 1 N–H and O–H groups in total. The van der Waals surface area contributed by atoms with Crippen LogP contribution in [0.3, 0.4) is 0 Å². The highest BCUT2D eigenvalue weighted by Gasteiger charge is 2.29. The fraction of sp³-hybridized carbons (Fsp3) is 0.500. The minimum atomic E-state index is 0.0768. The first kappa shape index (κ1) is 14.4. The van der Waals surface area contributed by atoms with Gasteiger partial charge in [0, 0.05) is 37.1 Å². The number of pyridine rings is 1. The third-order valence-corrected chi connectivity index (χ3v) is 4.98. The van der Waals surface area contributed by atoms with Crippen molar-refractivity contribution < 1.29 is 4.79 Å². The number of likely N-dealkylation sites (tertiary alicyclic amines) is 1. The van der Waals surface area contributed by atoms with Crippen LogP contribution in [0.1, 0.15) is 53.3 Å². The lowest BCUT2D eigenvalue weighted by molar-refractivity contribution is 0.0684. The van der Waals surface area contributed by atoms with E-state index in [1.54, 1.807) is 0 Å². The molecule has 1 saturated carbocycles. The van der Waals surface area contributed by atoms with Crippen LogP contribution < -0.4 is 0 Å². The lowest BCUT2D eigenvalue weighted by atomic mass is 9.90. The third kappa shape index (κ3) is 3.28. The molecule has 1 aliphatic heterocycles. The molecule has 3 heterocycles. The largest absolute Gasteiger partial charge is 0.337 e. The summed E-state index contributed by atoms with van der Waals surface area (Å²) in [5, 5.41) is 7.24. The van der Waals surface area contributed by atoms with Crippen LogP contribution in [0.2, 0.25) is 0 Å². The van der Waals surface area contributed by atoms with E-state index in [0.717, 1.165) is 38.0 Å². The summed E-state index contributed by atoms with van der Waals surface area (Å²) in [5.74, 6) is 1.33. The van der Waals surface area contributed by atoms with Crippen LogP contribution in [-0.4, -0.2) is 39.1 Å². The molecule has 2 aliphatic rings. The Kier molecular flexibility index (Phi) is 3.85. The van der Waals surface area contributed by atoms with Crippen molar-refractivity contribution in [1.29, 1.82) is 0 Å². The molecule has 2 fully saturated rings. The average Bonchev–Trinajstić information content (AvgIpc) is 3.33. The molecule has 5 nitrogen and oxygen atoms in total. The zero-order valence-electron chi connectivity index (χ0n) is 13.2. The Morgan fingerprint density at radius 2 is 2.09 bits per heavy atom. The number of piperidine rings is 1. The Balaban J connectivity index is 1.32. The minimum absolute atomic E-state index is 0.0768. The van der Waals surface area contributed by atoms with Crippen LogP contribution in [0.15, 0.2) is 30.6 Å². The number of nitrogens with zero attached hydrogens (tertiary/aromatic N) is 3. The van der Waals surface area contributed by atoms with Crippen LogP contribution >= 0.6 is 0 Å². The van der Waals surface area contributed by atoms with Crippen LogP contribution in [0.5, 0.6) is 0 Å². The molecule has 2 aromatic heterocycles. The van der Waals surface area contributed by atoms with Gasteiger partial charge < -0.3 is 4.90 Å². The third-order valence-electron chi connectivity index (χ3n) is 4.98. The van der Waals surface area contributed by atoms with Crippen LogP contribution in [0.25, 0.3) is 0 Å². The second-order valence-corrected chi connectivity index (χ2v) is 6.78. The number of hydrogen-bond donors (Lipinski definition) is 1. The van der Waals surface area contributed by atoms with E-state index in [0.29, 0.717) is 17.5 Å². The summed E-state index contributed by atoms with van der Waals surface area (Å²) < 4.78 is 0. The average molecular weight is 310 g/mol. The van der Waals surface area contributed by atoms with E-state index in [4.69, 9.17) is 0 Å². The number of nitrogens with one attached hydrogen (secondary N) is 1.